The number of hydrogen-bond donors (Lipinski definition) is 0. The Morgan fingerprint density at radius 1 is 1.31 bits per heavy atom. The first-order valence-corrected chi connectivity index (χ1v) is 5.88. The zero-order valence-corrected chi connectivity index (χ0v) is 8.05. The molecule has 13 heavy (non-hydrogen) atoms. The average molecular weight is 206 g/mol. The molecule has 1 atom stereocenters. The molecule has 0 saturated carbocycles. The number of carbonyl (C=O) groups excluding carboxylic acids is 1. The van der Waals surface area contributed by atoms with Crippen molar-refractivity contribution in [3.8, 4) is 0 Å². The van der Waals surface area contributed by atoms with Gasteiger partial charge in [-0.1, -0.05) is 0 Å². The van der Waals surface area contributed by atoms with Crippen molar-refractivity contribution in [2.24, 2.45) is 0 Å². The maximum absolute atomic E-state index is 11.2. The summed E-state index contributed by atoms with van der Waals surface area (Å²) in [5.41, 5.74) is 0. The minimum atomic E-state index is -3.43. The third-order valence-electron chi connectivity index (χ3n) is 2.72. The van der Waals surface area contributed by atoms with Gasteiger partial charge in [-0.15, -0.1) is 0 Å². The van der Waals surface area contributed by atoms with Crippen molar-refractivity contribution in [1.82, 2.24) is 0 Å². The minimum Gasteiger partial charge on any atom is -0.326 e. The molecule has 2 aliphatic heterocycles. The Morgan fingerprint density at radius 2 is 2.08 bits per heavy atom. The maximum Gasteiger partial charge on any atom is 0.300 e. The van der Waals surface area contributed by atoms with E-state index in [1.54, 1.807) is 0 Å². The molecule has 0 amide bonds. The molecule has 1 unspecified atom stereocenters. The van der Waals surface area contributed by atoms with Gasteiger partial charge in [0.25, 0.3) is 0 Å². The van der Waals surface area contributed by atoms with Gasteiger partial charge in [0.05, 0.1) is 6.54 Å². The Balaban J connectivity index is 2.19. The van der Waals surface area contributed by atoms with Crippen molar-refractivity contribution in [1.29, 1.82) is 0 Å². The molecule has 1 spiro atoms. The second-order valence-electron chi connectivity index (χ2n) is 3.68. The highest BCUT2D eigenvalue weighted by Gasteiger charge is 2.44. The number of ether oxygens (including phenoxy) is 1. The van der Waals surface area contributed by atoms with Crippen LogP contribution in [0.15, 0.2) is 0 Å². The second-order valence-corrected chi connectivity index (χ2v) is 5.77. The van der Waals surface area contributed by atoms with Crippen LogP contribution < -0.4 is 0 Å². The molecular weight excluding hydrogens is 194 g/mol. The van der Waals surface area contributed by atoms with Crippen LogP contribution in [0.1, 0.15) is 0 Å². The van der Waals surface area contributed by atoms with Crippen LogP contribution in [0, 0.1) is 0 Å². The van der Waals surface area contributed by atoms with Gasteiger partial charge in [-0.2, -0.15) is 0 Å². The van der Waals surface area contributed by atoms with Crippen LogP contribution in [0.3, 0.4) is 0 Å². The van der Waals surface area contributed by atoms with E-state index in [9.17, 15) is 13.2 Å². The molecule has 2 rings (SSSR count). The lowest BCUT2D eigenvalue weighted by Crippen LogP contribution is -2.57. The SMILES string of the molecule is O=C1C[N+]2(CCOC2)CCS1(=O)=O. The van der Waals surface area contributed by atoms with Crippen LogP contribution in [0.5, 0.6) is 0 Å². The lowest BCUT2D eigenvalue weighted by atomic mass is 10.4. The van der Waals surface area contributed by atoms with Crippen LogP contribution in [0.4, 0.5) is 0 Å². The Hall–Kier alpha value is -0.460. The predicted octanol–water partition coefficient (Wildman–Crippen LogP) is -1.25. The highest BCUT2D eigenvalue weighted by atomic mass is 32.2. The number of rotatable bonds is 0. The fraction of sp³-hybridized carbons (Fsp3) is 0.857. The number of carbonyl (C=O) groups is 1. The molecule has 0 aromatic rings. The summed E-state index contributed by atoms with van der Waals surface area (Å²) in [5, 5.41) is -0.621. The molecule has 0 aromatic heterocycles. The molecule has 2 aliphatic rings. The molecule has 2 heterocycles. The molecule has 6 heteroatoms. The molecule has 5 nitrogen and oxygen atoms in total. The first-order chi connectivity index (χ1) is 6.04. The number of quaternary nitrogens is 1. The summed E-state index contributed by atoms with van der Waals surface area (Å²) in [6.45, 7) is 2.51. The largest absolute Gasteiger partial charge is 0.326 e. The van der Waals surface area contributed by atoms with E-state index in [0.29, 0.717) is 24.4 Å². The Bertz CT molecular complexity index is 328. The average Bonchev–Trinajstić information content (AvgIpc) is 2.48. The van der Waals surface area contributed by atoms with Crippen LogP contribution in [-0.4, -0.2) is 56.7 Å². The quantitative estimate of drug-likeness (QED) is 0.464. The fourth-order valence-corrected chi connectivity index (χ4v) is 3.09. The summed E-state index contributed by atoms with van der Waals surface area (Å²) in [6.07, 6.45) is 0. The Kier molecular flexibility index (Phi) is 1.94. The van der Waals surface area contributed by atoms with Crippen LogP contribution >= 0.6 is 0 Å². The lowest BCUT2D eigenvalue weighted by Gasteiger charge is -2.34. The summed E-state index contributed by atoms with van der Waals surface area (Å²) < 4.78 is 27.9. The number of nitrogens with zero attached hydrogens (tertiary/aromatic N) is 1. The van der Waals surface area contributed by atoms with Gasteiger partial charge < -0.3 is 4.74 Å². The summed E-state index contributed by atoms with van der Waals surface area (Å²) in [4.78, 5) is 11.2. The van der Waals surface area contributed by atoms with Crippen LogP contribution in [-0.2, 0) is 19.4 Å². The van der Waals surface area contributed by atoms with Gasteiger partial charge in [-0.25, -0.2) is 8.42 Å². The molecule has 0 bridgehead atoms. The van der Waals surface area contributed by atoms with E-state index in [1.165, 1.54) is 0 Å². The summed E-state index contributed by atoms with van der Waals surface area (Å²) in [7, 11) is -3.43. The third-order valence-corrected chi connectivity index (χ3v) is 4.26. The van der Waals surface area contributed by atoms with E-state index in [1.807, 2.05) is 0 Å². The first kappa shape index (κ1) is 9.11. The van der Waals surface area contributed by atoms with E-state index in [-0.39, 0.29) is 12.3 Å². The predicted molar refractivity (Wildman–Crippen MR) is 44.5 cm³/mol. The molecule has 0 radical (unpaired) electrons. The topological polar surface area (TPSA) is 60.4 Å². The molecule has 2 fully saturated rings. The van der Waals surface area contributed by atoms with E-state index < -0.39 is 15.0 Å². The normalized spacial score (nSPS) is 38.3. The third kappa shape index (κ3) is 1.49. The van der Waals surface area contributed by atoms with Gasteiger partial charge in [0, 0.05) is 0 Å². The highest BCUT2D eigenvalue weighted by Crippen LogP contribution is 2.19. The minimum absolute atomic E-state index is 0.0187. The first-order valence-electron chi connectivity index (χ1n) is 4.23. The molecule has 0 N–H and O–H groups in total. The van der Waals surface area contributed by atoms with E-state index in [2.05, 4.69) is 0 Å². The molecule has 0 aromatic carbocycles. The number of hydrogen-bond acceptors (Lipinski definition) is 4. The standard InChI is InChI=1S/C7H12NO4S/c9-7-5-8(1-3-12-6-8)2-4-13(7,10)11/h1-6H2/q+1. The summed E-state index contributed by atoms with van der Waals surface area (Å²) in [6, 6.07) is 0. The van der Waals surface area contributed by atoms with Gasteiger partial charge in [-0.3, -0.25) is 9.28 Å². The second kappa shape index (κ2) is 2.76. The number of sulfone groups is 1. The molecule has 2 saturated heterocycles. The fourth-order valence-electron chi connectivity index (χ4n) is 1.76. The molecular formula is C7H12NO4S+. The van der Waals surface area contributed by atoms with E-state index in [4.69, 9.17) is 4.74 Å². The van der Waals surface area contributed by atoms with Crippen molar-refractivity contribution in [2.45, 2.75) is 0 Å². The van der Waals surface area contributed by atoms with Gasteiger partial charge >= 0.3 is 5.12 Å². The maximum atomic E-state index is 11.2. The van der Waals surface area contributed by atoms with Gasteiger partial charge in [0.1, 0.15) is 18.9 Å². The van der Waals surface area contributed by atoms with Gasteiger partial charge in [0.2, 0.25) is 9.84 Å². The molecule has 74 valence electrons. The van der Waals surface area contributed by atoms with E-state index >= 15 is 0 Å². The van der Waals surface area contributed by atoms with Gasteiger partial charge in [0.15, 0.2) is 13.3 Å². The molecule has 0 aliphatic carbocycles. The van der Waals surface area contributed by atoms with Crippen molar-refractivity contribution in [2.75, 3.05) is 38.7 Å². The zero-order chi connectivity index (χ0) is 9.53. The monoisotopic (exact) mass is 206 g/mol. The van der Waals surface area contributed by atoms with Crippen LogP contribution in [0.2, 0.25) is 0 Å². The van der Waals surface area contributed by atoms with Crippen LogP contribution in [0.25, 0.3) is 0 Å². The Labute approximate surface area is 76.8 Å². The summed E-state index contributed by atoms with van der Waals surface area (Å²) >= 11 is 0. The zero-order valence-electron chi connectivity index (χ0n) is 7.23. The van der Waals surface area contributed by atoms with Crippen molar-refractivity contribution >= 4 is 15.0 Å². The van der Waals surface area contributed by atoms with Gasteiger partial charge in [-0.05, 0) is 0 Å². The van der Waals surface area contributed by atoms with Crippen molar-refractivity contribution in [3.05, 3.63) is 0 Å². The smallest absolute Gasteiger partial charge is 0.300 e. The van der Waals surface area contributed by atoms with E-state index in [0.717, 1.165) is 6.54 Å². The highest BCUT2D eigenvalue weighted by molar-refractivity contribution is 8.06. The van der Waals surface area contributed by atoms with Crippen molar-refractivity contribution < 1.29 is 22.4 Å². The lowest BCUT2D eigenvalue weighted by molar-refractivity contribution is -0.915. The summed E-state index contributed by atoms with van der Waals surface area (Å²) in [5.74, 6) is -0.0187. The van der Waals surface area contributed by atoms with Crippen molar-refractivity contribution in [3.63, 3.8) is 0 Å². The Morgan fingerprint density at radius 3 is 2.62 bits per heavy atom.